The number of aromatic nitrogens is 2. The lowest BCUT2D eigenvalue weighted by molar-refractivity contribution is 0.828. The van der Waals surface area contributed by atoms with E-state index in [1.54, 1.807) is 0 Å². The highest BCUT2D eigenvalue weighted by molar-refractivity contribution is 5.48. The van der Waals surface area contributed by atoms with Gasteiger partial charge in [0.1, 0.15) is 5.82 Å². The van der Waals surface area contributed by atoms with Gasteiger partial charge in [0.05, 0.1) is 0 Å². The van der Waals surface area contributed by atoms with E-state index in [0.717, 1.165) is 11.3 Å². The van der Waals surface area contributed by atoms with Crippen molar-refractivity contribution in [3.63, 3.8) is 0 Å². The molecule has 2 N–H and O–H groups in total. The quantitative estimate of drug-likeness (QED) is 0.776. The van der Waals surface area contributed by atoms with Crippen molar-refractivity contribution < 1.29 is 0 Å². The molecular formula is C10H18N4. The minimum absolute atomic E-state index is 0.367. The molecule has 1 rings (SSSR count). The first kappa shape index (κ1) is 10.8. The van der Waals surface area contributed by atoms with E-state index >= 15 is 0 Å². The zero-order valence-electron chi connectivity index (χ0n) is 9.50. The number of hydrogen-bond acceptors (Lipinski definition) is 4. The van der Waals surface area contributed by atoms with Crippen LogP contribution in [0.1, 0.15) is 31.0 Å². The predicted molar refractivity (Wildman–Crippen MR) is 59.6 cm³/mol. The molecule has 4 nitrogen and oxygen atoms in total. The molecule has 0 radical (unpaired) electrons. The number of rotatable bonds is 2. The summed E-state index contributed by atoms with van der Waals surface area (Å²) in [6.45, 7) is 6.16. The van der Waals surface area contributed by atoms with E-state index in [-0.39, 0.29) is 0 Å². The summed E-state index contributed by atoms with van der Waals surface area (Å²) >= 11 is 0. The lowest BCUT2D eigenvalue weighted by atomic mass is 10.0. The van der Waals surface area contributed by atoms with Crippen molar-refractivity contribution in [2.45, 2.75) is 26.7 Å². The van der Waals surface area contributed by atoms with Gasteiger partial charge in [-0.15, -0.1) is 0 Å². The summed E-state index contributed by atoms with van der Waals surface area (Å²) in [7, 11) is 3.81. The zero-order valence-corrected chi connectivity index (χ0v) is 9.50. The number of nitrogen functional groups attached to an aromatic ring is 1. The maximum absolute atomic E-state index is 5.88. The van der Waals surface area contributed by atoms with Crippen LogP contribution < -0.4 is 10.6 Å². The van der Waals surface area contributed by atoms with Crippen molar-refractivity contribution in [2.75, 3.05) is 24.7 Å². The lowest BCUT2D eigenvalue weighted by Gasteiger charge is -2.16. The molecule has 1 aromatic heterocycles. The van der Waals surface area contributed by atoms with Gasteiger partial charge in [-0.3, -0.25) is 0 Å². The zero-order chi connectivity index (χ0) is 10.9. The molecule has 0 saturated heterocycles. The smallest absolute Gasteiger partial charge is 0.227 e. The van der Waals surface area contributed by atoms with Crippen molar-refractivity contribution in [1.29, 1.82) is 0 Å². The van der Waals surface area contributed by atoms with E-state index in [1.165, 1.54) is 0 Å². The third-order valence-corrected chi connectivity index (χ3v) is 2.13. The van der Waals surface area contributed by atoms with Crippen LogP contribution in [0.4, 0.5) is 11.8 Å². The lowest BCUT2D eigenvalue weighted by Crippen LogP contribution is -2.16. The summed E-state index contributed by atoms with van der Waals surface area (Å²) in [4.78, 5) is 10.5. The maximum Gasteiger partial charge on any atom is 0.227 e. The Balaban J connectivity index is 3.25. The Morgan fingerprint density at radius 3 is 2.14 bits per heavy atom. The molecular weight excluding hydrogens is 176 g/mol. The fourth-order valence-electron chi connectivity index (χ4n) is 1.50. The van der Waals surface area contributed by atoms with E-state index in [4.69, 9.17) is 5.73 Å². The Bertz CT molecular complexity index is 308. The topological polar surface area (TPSA) is 55.0 Å². The van der Waals surface area contributed by atoms with Gasteiger partial charge in [0, 0.05) is 25.4 Å². The van der Waals surface area contributed by atoms with Gasteiger partial charge in [0.15, 0.2) is 0 Å². The summed E-state index contributed by atoms with van der Waals surface area (Å²) in [5.41, 5.74) is 7.90. The Hall–Kier alpha value is -1.32. The van der Waals surface area contributed by atoms with Gasteiger partial charge in [0.2, 0.25) is 5.95 Å². The second-order valence-corrected chi connectivity index (χ2v) is 3.96. The summed E-state index contributed by atoms with van der Waals surface area (Å²) in [5, 5.41) is 0. The van der Waals surface area contributed by atoms with Gasteiger partial charge in [-0.25, -0.2) is 4.98 Å². The third-order valence-electron chi connectivity index (χ3n) is 2.13. The number of anilines is 2. The van der Waals surface area contributed by atoms with Crippen LogP contribution in [0.2, 0.25) is 0 Å². The summed E-state index contributed by atoms with van der Waals surface area (Å²) in [5.74, 6) is 1.63. The Kier molecular flexibility index (Phi) is 2.93. The highest BCUT2D eigenvalue weighted by Crippen LogP contribution is 2.24. The largest absolute Gasteiger partial charge is 0.383 e. The van der Waals surface area contributed by atoms with E-state index in [9.17, 15) is 0 Å². The van der Waals surface area contributed by atoms with Gasteiger partial charge >= 0.3 is 0 Å². The average molecular weight is 194 g/mol. The fourth-order valence-corrected chi connectivity index (χ4v) is 1.50. The number of hydrogen-bond donors (Lipinski definition) is 1. The van der Waals surface area contributed by atoms with E-state index in [0.29, 0.717) is 17.7 Å². The molecule has 1 aromatic rings. The van der Waals surface area contributed by atoms with Gasteiger partial charge < -0.3 is 10.6 Å². The highest BCUT2D eigenvalue weighted by atomic mass is 15.2. The van der Waals surface area contributed by atoms with Gasteiger partial charge in [-0.2, -0.15) is 4.98 Å². The fraction of sp³-hybridized carbons (Fsp3) is 0.600. The van der Waals surface area contributed by atoms with Crippen molar-refractivity contribution in [3.05, 3.63) is 11.3 Å². The van der Waals surface area contributed by atoms with Gasteiger partial charge in [-0.1, -0.05) is 13.8 Å². The summed E-state index contributed by atoms with van der Waals surface area (Å²) in [6.07, 6.45) is 0. The molecule has 14 heavy (non-hydrogen) atoms. The van der Waals surface area contributed by atoms with E-state index in [2.05, 4.69) is 23.8 Å². The first-order valence-electron chi connectivity index (χ1n) is 4.74. The van der Waals surface area contributed by atoms with Crippen LogP contribution in [0.25, 0.3) is 0 Å². The molecule has 0 aliphatic carbocycles. The van der Waals surface area contributed by atoms with Crippen molar-refractivity contribution in [1.82, 2.24) is 9.97 Å². The SMILES string of the molecule is Cc1nc(N(C)C)nc(N)c1C(C)C. The molecule has 0 atom stereocenters. The molecule has 0 amide bonds. The van der Waals surface area contributed by atoms with E-state index < -0.39 is 0 Å². The standard InChI is InChI=1S/C10H18N4/c1-6(2)8-7(3)12-10(14(4)5)13-9(8)11/h6H,1-5H3,(H2,11,12,13). The first-order chi connectivity index (χ1) is 6.43. The van der Waals surface area contributed by atoms with Crippen molar-refractivity contribution >= 4 is 11.8 Å². The average Bonchev–Trinajstić information content (AvgIpc) is 2.01. The van der Waals surface area contributed by atoms with E-state index in [1.807, 2.05) is 25.9 Å². The number of aryl methyl sites for hydroxylation is 1. The van der Waals surface area contributed by atoms with Crippen molar-refractivity contribution in [2.24, 2.45) is 0 Å². The van der Waals surface area contributed by atoms with Crippen molar-refractivity contribution in [3.8, 4) is 0 Å². The first-order valence-corrected chi connectivity index (χ1v) is 4.74. The molecule has 0 fully saturated rings. The summed E-state index contributed by atoms with van der Waals surface area (Å²) in [6, 6.07) is 0. The van der Waals surface area contributed by atoms with Crippen LogP contribution in [0.15, 0.2) is 0 Å². The highest BCUT2D eigenvalue weighted by Gasteiger charge is 2.12. The monoisotopic (exact) mass is 194 g/mol. The molecule has 1 heterocycles. The molecule has 0 bridgehead atoms. The van der Waals surface area contributed by atoms with Crippen LogP contribution in [-0.2, 0) is 0 Å². The second kappa shape index (κ2) is 3.82. The molecule has 0 spiro atoms. The third kappa shape index (κ3) is 1.95. The molecule has 0 saturated carbocycles. The van der Waals surface area contributed by atoms with Gasteiger partial charge in [-0.05, 0) is 12.8 Å². The van der Waals surface area contributed by atoms with Crippen LogP contribution >= 0.6 is 0 Å². The predicted octanol–water partition coefficient (Wildman–Crippen LogP) is 1.56. The Morgan fingerprint density at radius 2 is 1.79 bits per heavy atom. The van der Waals surface area contributed by atoms with Crippen LogP contribution in [0.3, 0.4) is 0 Å². The van der Waals surface area contributed by atoms with Crippen LogP contribution in [-0.4, -0.2) is 24.1 Å². The second-order valence-electron chi connectivity index (χ2n) is 3.96. The molecule has 0 aliphatic heterocycles. The Labute approximate surface area is 85.2 Å². The molecule has 78 valence electrons. The molecule has 4 heteroatoms. The summed E-state index contributed by atoms with van der Waals surface area (Å²) < 4.78 is 0. The minimum Gasteiger partial charge on any atom is -0.383 e. The van der Waals surface area contributed by atoms with Gasteiger partial charge in [0.25, 0.3) is 0 Å². The molecule has 0 unspecified atom stereocenters. The normalized spacial score (nSPS) is 10.7. The molecule has 0 aromatic carbocycles. The maximum atomic E-state index is 5.88. The number of nitrogens with zero attached hydrogens (tertiary/aromatic N) is 3. The molecule has 0 aliphatic rings. The number of nitrogens with two attached hydrogens (primary N) is 1. The Morgan fingerprint density at radius 1 is 1.21 bits per heavy atom. The minimum atomic E-state index is 0.367. The van der Waals surface area contributed by atoms with Crippen LogP contribution in [0, 0.1) is 6.92 Å². The van der Waals surface area contributed by atoms with Crippen LogP contribution in [0.5, 0.6) is 0 Å².